The number of nitrogens with one attached hydrogen (secondary N) is 3. The molecule has 0 radical (unpaired) electrons. The topological polar surface area (TPSA) is 78.9 Å². The molecule has 3 N–H and O–H groups in total. The Labute approximate surface area is 177 Å². The van der Waals surface area contributed by atoms with Gasteiger partial charge in [-0.25, -0.2) is 4.98 Å². The van der Waals surface area contributed by atoms with E-state index in [1.165, 1.54) is 16.9 Å². The van der Waals surface area contributed by atoms with Crippen molar-refractivity contribution in [3.8, 4) is 11.3 Å². The van der Waals surface area contributed by atoms with Crippen LogP contribution in [-0.4, -0.2) is 23.4 Å². The highest BCUT2D eigenvalue weighted by molar-refractivity contribution is 7.14. The minimum Gasteiger partial charge on any atom is -0.388 e. The Morgan fingerprint density at radius 1 is 1.10 bits per heavy atom. The lowest BCUT2D eigenvalue weighted by Crippen LogP contribution is -1.95. The molecule has 1 amide bonds. The average Bonchev–Trinajstić information content (AvgIpc) is 3.43. The molecule has 0 spiro atoms. The number of pyridine rings is 1. The predicted octanol–water partition coefficient (Wildman–Crippen LogP) is 5.62. The van der Waals surface area contributed by atoms with Gasteiger partial charge in [-0.15, -0.1) is 22.7 Å². The standard InChI is InChI=1S/C16H16N4S.C5H5NOS/c1-11-5-6-13(17-2)8-14(11)19-16-20-15(10-21-16)12-4-3-7-18-9-12;7-4-6-5-2-1-3-8-5/h3-10,17H,1-2H3,(H,19,20);1-4H,(H,6,7). The van der Waals surface area contributed by atoms with Crippen molar-refractivity contribution in [1.82, 2.24) is 9.97 Å². The number of carbonyl (C=O) groups excluding carboxylic acids is 1. The fourth-order valence-corrected chi connectivity index (χ4v) is 3.73. The zero-order valence-electron chi connectivity index (χ0n) is 16.0. The molecule has 0 bridgehead atoms. The van der Waals surface area contributed by atoms with Gasteiger partial charge in [0.1, 0.15) is 0 Å². The molecule has 0 fully saturated rings. The first-order valence-electron chi connectivity index (χ1n) is 8.84. The first-order valence-corrected chi connectivity index (χ1v) is 10.6. The van der Waals surface area contributed by atoms with E-state index in [9.17, 15) is 4.79 Å². The molecule has 0 unspecified atom stereocenters. The van der Waals surface area contributed by atoms with Gasteiger partial charge in [0.2, 0.25) is 6.41 Å². The highest BCUT2D eigenvalue weighted by Gasteiger charge is 2.06. The van der Waals surface area contributed by atoms with Crippen LogP contribution in [0.4, 0.5) is 21.5 Å². The molecule has 0 aliphatic rings. The lowest BCUT2D eigenvalue weighted by atomic mass is 10.2. The van der Waals surface area contributed by atoms with Crippen molar-refractivity contribution in [2.75, 3.05) is 23.0 Å². The third-order valence-corrected chi connectivity index (χ3v) is 5.51. The molecule has 3 aromatic heterocycles. The van der Waals surface area contributed by atoms with Gasteiger partial charge in [0.25, 0.3) is 0 Å². The molecular weight excluding hydrogens is 402 g/mol. The Balaban J connectivity index is 0.000000252. The van der Waals surface area contributed by atoms with Crippen LogP contribution in [0.5, 0.6) is 0 Å². The van der Waals surface area contributed by atoms with E-state index in [0.717, 1.165) is 32.8 Å². The van der Waals surface area contributed by atoms with Crippen molar-refractivity contribution in [3.05, 3.63) is 71.2 Å². The molecular formula is C21H21N5OS2. The SMILES string of the molecule is CNc1ccc(C)c(Nc2nc(-c3cccnc3)cs2)c1.O=CNc1cccs1. The number of thiazole rings is 1. The van der Waals surface area contributed by atoms with Crippen LogP contribution in [-0.2, 0) is 4.79 Å². The van der Waals surface area contributed by atoms with E-state index in [0.29, 0.717) is 6.41 Å². The normalized spacial score (nSPS) is 9.86. The number of hydrogen-bond donors (Lipinski definition) is 3. The van der Waals surface area contributed by atoms with Crippen LogP contribution in [0.25, 0.3) is 11.3 Å². The highest BCUT2D eigenvalue weighted by atomic mass is 32.1. The molecule has 1 aromatic carbocycles. The van der Waals surface area contributed by atoms with Crippen molar-refractivity contribution in [2.45, 2.75) is 6.92 Å². The Bertz CT molecular complexity index is 1030. The molecule has 0 saturated heterocycles. The van der Waals surface area contributed by atoms with E-state index in [2.05, 4.69) is 51.0 Å². The number of thiophene rings is 1. The first-order chi connectivity index (χ1) is 14.2. The van der Waals surface area contributed by atoms with E-state index in [1.807, 2.05) is 48.3 Å². The second-order valence-corrected chi connectivity index (χ2v) is 7.73. The lowest BCUT2D eigenvalue weighted by molar-refractivity contribution is -0.105. The Morgan fingerprint density at radius 2 is 2.00 bits per heavy atom. The van der Waals surface area contributed by atoms with Gasteiger partial charge in [-0.05, 0) is 54.3 Å². The zero-order valence-corrected chi connectivity index (χ0v) is 17.7. The summed E-state index contributed by atoms with van der Waals surface area (Å²) in [6.45, 7) is 2.08. The first kappa shape index (κ1) is 20.5. The van der Waals surface area contributed by atoms with Crippen LogP contribution in [0, 0.1) is 6.92 Å². The minimum absolute atomic E-state index is 0.672. The van der Waals surface area contributed by atoms with Crippen LogP contribution in [0.15, 0.2) is 65.6 Å². The van der Waals surface area contributed by atoms with Crippen LogP contribution in [0.2, 0.25) is 0 Å². The number of aromatic nitrogens is 2. The zero-order chi connectivity index (χ0) is 20.5. The van der Waals surface area contributed by atoms with Gasteiger partial charge in [-0.3, -0.25) is 9.78 Å². The summed E-state index contributed by atoms with van der Waals surface area (Å²) in [6, 6.07) is 13.9. The summed E-state index contributed by atoms with van der Waals surface area (Å²) < 4.78 is 0. The number of benzene rings is 1. The Morgan fingerprint density at radius 3 is 2.69 bits per heavy atom. The van der Waals surface area contributed by atoms with Gasteiger partial charge in [-0.1, -0.05) is 6.07 Å². The van der Waals surface area contributed by atoms with Crippen molar-refractivity contribution >= 4 is 50.6 Å². The van der Waals surface area contributed by atoms with Crippen molar-refractivity contribution in [2.24, 2.45) is 0 Å². The molecule has 0 aliphatic heterocycles. The minimum atomic E-state index is 0.672. The number of rotatable bonds is 6. The highest BCUT2D eigenvalue weighted by Crippen LogP contribution is 2.29. The van der Waals surface area contributed by atoms with Gasteiger partial charge in [0.15, 0.2) is 5.13 Å². The maximum atomic E-state index is 9.77. The average molecular weight is 424 g/mol. The molecule has 3 heterocycles. The molecule has 4 aromatic rings. The number of nitrogens with zero attached hydrogens (tertiary/aromatic N) is 2. The summed E-state index contributed by atoms with van der Waals surface area (Å²) >= 11 is 3.10. The van der Waals surface area contributed by atoms with E-state index in [-0.39, 0.29) is 0 Å². The van der Waals surface area contributed by atoms with Crippen LogP contribution < -0.4 is 16.0 Å². The lowest BCUT2D eigenvalue weighted by Gasteiger charge is -2.09. The molecule has 29 heavy (non-hydrogen) atoms. The van der Waals surface area contributed by atoms with Crippen molar-refractivity contribution in [3.63, 3.8) is 0 Å². The number of hydrogen-bond acceptors (Lipinski definition) is 7. The summed E-state index contributed by atoms with van der Waals surface area (Å²) in [5.74, 6) is 0. The Hall–Kier alpha value is -3.23. The summed E-state index contributed by atoms with van der Waals surface area (Å²) in [4.78, 5) is 18.5. The van der Waals surface area contributed by atoms with E-state index < -0.39 is 0 Å². The smallest absolute Gasteiger partial charge is 0.212 e. The van der Waals surface area contributed by atoms with E-state index in [4.69, 9.17) is 0 Å². The maximum Gasteiger partial charge on any atom is 0.212 e. The number of amides is 1. The van der Waals surface area contributed by atoms with Crippen LogP contribution in [0.3, 0.4) is 0 Å². The van der Waals surface area contributed by atoms with Crippen LogP contribution >= 0.6 is 22.7 Å². The van der Waals surface area contributed by atoms with E-state index in [1.54, 1.807) is 17.5 Å². The summed E-state index contributed by atoms with van der Waals surface area (Å²) in [5, 5.41) is 14.8. The second-order valence-electron chi connectivity index (χ2n) is 5.92. The van der Waals surface area contributed by atoms with E-state index >= 15 is 0 Å². The van der Waals surface area contributed by atoms with Crippen molar-refractivity contribution in [1.29, 1.82) is 0 Å². The molecule has 148 valence electrons. The van der Waals surface area contributed by atoms with Gasteiger partial charge >= 0.3 is 0 Å². The molecule has 0 saturated carbocycles. The number of anilines is 4. The second kappa shape index (κ2) is 10.4. The third kappa shape index (κ3) is 5.87. The third-order valence-electron chi connectivity index (χ3n) is 3.95. The quantitative estimate of drug-likeness (QED) is 0.351. The van der Waals surface area contributed by atoms with Gasteiger partial charge in [0, 0.05) is 41.8 Å². The molecule has 4 rings (SSSR count). The van der Waals surface area contributed by atoms with Gasteiger partial charge < -0.3 is 16.0 Å². The number of aryl methyl sites for hydroxylation is 1. The largest absolute Gasteiger partial charge is 0.388 e. The molecule has 0 aliphatic carbocycles. The summed E-state index contributed by atoms with van der Waals surface area (Å²) in [7, 11) is 1.92. The fraction of sp³-hybridized carbons (Fsp3) is 0.0952. The molecule has 8 heteroatoms. The maximum absolute atomic E-state index is 9.77. The Kier molecular flexibility index (Phi) is 7.32. The predicted molar refractivity (Wildman–Crippen MR) is 123 cm³/mol. The summed E-state index contributed by atoms with van der Waals surface area (Å²) in [5.41, 5.74) is 5.30. The fourth-order valence-electron chi connectivity index (χ4n) is 2.42. The van der Waals surface area contributed by atoms with Gasteiger partial charge in [-0.2, -0.15) is 0 Å². The number of carbonyl (C=O) groups is 1. The van der Waals surface area contributed by atoms with Crippen molar-refractivity contribution < 1.29 is 4.79 Å². The summed E-state index contributed by atoms with van der Waals surface area (Å²) in [6.07, 6.45) is 4.26. The van der Waals surface area contributed by atoms with Gasteiger partial charge in [0.05, 0.1) is 10.7 Å². The van der Waals surface area contributed by atoms with Crippen LogP contribution in [0.1, 0.15) is 5.56 Å². The molecule has 6 nitrogen and oxygen atoms in total. The molecule has 0 atom stereocenters. The monoisotopic (exact) mass is 423 g/mol.